The standard InChI is InChI=1S/C11H11BrN4O2S/c1-7-2-3-14-6-9(7)16-19(17,18)10-4-8(12)5-15-11(10)13/h2-6,16H,1H3,(H2,13,15). The van der Waals surface area contributed by atoms with E-state index in [1.165, 1.54) is 18.5 Å². The van der Waals surface area contributed by atoms with E-state index in [0.717, 1.165) is 5.56 Å². The minimum atomic E-state index is -3.80. The summed E-state index contributed by atoms with van der Waals surface area (Å²) in [6.07, 6.45) is 4.46. The third-order valence-corrected chi connectivity index (χ3v) is 4.25. The van der Waals surface area contributed by atoms with Crippen LogP contribution in [0.25, 0.3) is 0 Å². The smallest absolute Gasteiger partial charge is 0.265 e. The van der Waals surface area contributed by atoms with Crippen molar-refractivity contribution in [3.63, 3.8) is 0 Å². The number of sulfonamides is 1. The molecule has 3 N–H and O–H groups in total. The van der Waals surface area contributed by atoms with Crippen molar-refractivity contribution < 1.29 is 8.42 Å². The van der Waals surface area contributed by atoms with E-state index in [9.17, 15) is 8.42 Å². The van der Waals surface area contributed by atoms with Gasteiger partial charge < -0.3 is 5.73 Å². The molecule has 19 heavy (non-hydrogen) atoms. The van der Waals surface area contributed by atoms with Gasteiger partial charge in [0.15, 0.2) is 0 Å². The number of pyridine rings is 2. The van der Waals surface area contributed by atoms with Gasteiger partial charge in [-0.3, -0.25) is 9.71 Å². The number of hydrogen-bond donors (Lipinski definition) is 2. The average Bonchev–Trinajstić information content (AvgIpc) is 2.35. The van der Waals surface area contributed by atoms with Crippen LogP contribution in [0, 0.1) is 6.92 Å². The van der Waals surface area contributed by atoms with Crippen molar-refractivity contribution in [3.8, 4) is 0 Å². The highest BCUT2D eigenvalue weighted by Gasteiger charge is 2.19. The minimum Gasteiger partial charge on any atom is -0.383 e. The van der Waals surface area contributed by atoms with Crippen molar-refractivity contribution in [3.05, 3.63) is 40.8 Å². The highest BCUT2D eigenvalue weighted by molar-refractivity contribution is 9.10. The quantitative estimate of drug-likeness (QED) is 0.887. The Kier molecular flexibility index (Phi) is 3.72. The summed E-state index contributed by atoms with van der Waals surface area (Å²) >= 11 is 3.17. The van der Waals surface area contributed by atoms with Crippen LogP contribution in [-0.4, -0.2) is 18.4 Å². The largest absolute Gasteiger partial charge is 0.383 e. The molecule has 2 heterocycles. The molecule has 0 radical (unpaired) electrons. The number of aromatic nitrogens is 2. The Morgan fingerprint density at radius 2 is 2.11 bits per heavy atom. The number of hydrogen-bond acceptors (Lipinski definition) is 5. The summed E-state index contributed by atoms with van der Waals surface area (Å²) in [6, 6.07) is 3.11. The molecule has 0 bridgehead atoms. The van der Waals surface area contributed by atoms with E-state index in [1.807, 2.05) is 0 Å². The Balaban J connectivity index is 2.44. The molecule has 0 aliphatic rings. The van der Waals surface area contributed by atoms with E-state index < -0.39 is 10.0 Å². The predicted molar refractivity (Wildman–Crippen MR) is 76.1 cm³/mol. The van der Waals surface area contributed by atoms with Crippen LogP contribution in [0.15, 0.2) is 40.1 Å². The fraction of sp³-hybridized carbons (Fsp3) is 0.0909. The Labute approximate surface area is 119 Å². The van der Waals surface area contributed by atoms with Gasteiger partial charge in [-0.2, -0.15) is 0 Å². The monoisotopic (exact) mass is 342 g/mol. The molecule has 0 aliphatic heterocycles. The maximum absolute atomic E-state index is 12.2. The predicted octanol–water partition coefficient (Wildman–Crippen LogP) is 1.93. The summed E-state index contributed by atoms with van der Waals surface area (Å²) in [5.41, 5.74) is 6.77. The van der Waals surface area contributed by atoms with Crippen LogP contribution in [-0.2, 0) is 10.0 Å². The lowest BCUT2D eigenvalue weighted by Crippen LogP contribution is -2.16. The van der Waals surface area contributed by atoms with Crippen molar-refractivity contribution in [2.24, 2.45) is 0 Å². The molecule has 0 aromatic carbocycles. The zero-order valence-electron chi connectivity index (χ0n) is 9.96. The lowest BCUT2D eigenvalue weighted by atomic mass is 10.3. The van der Waals surface area contributed by atoms with Gasteiger partial charge in [0.25, 0.3) is 10.0 Å². The first-order valence-electron chi connectivity index (χ1n) is 5.24. The van der Waals surface area contributed by atoms with Gasteiger partial charge in [0, 0.05) is 16.9 Å². The highest BCUT2D eigenvalue weighted by atomic mass is 79.9. The number of anilines is 2. The number of nitrogens with one attached hydrogen (secondary N) is 1. The summed E-state index contributed by atoms with van der Waals surface area (Å²) in [4.78, 5) is 7.61. The lowest BCUT2D eigenvalue weighted by molar-refractivity contribution is 0.601. The molecule has 8 heteroatoms. The van der Waals surface area contributed by atoms with Gasteiger partial charge in [-0.15, -0.1) is 0 Å². The first kappa shape index (κ1) is 13.8. The maximum Gasteiger partial charge on any atom is 0.265 e. The van der Waals surface area contributed by atoms with Crippen LogP contribution in [0.4, 0.5) is 11.5 Å². The molecule has 2 aromatic heterocycles. The SMILES string of the molecule is Cc1ccncc1NS(=O)(=O)c1cc(Br)cnc1N. The van der Waals surface area contributed by atoms with Gasteiger partial charge in [-0.05, 0) is 40.5 Å². The second-order valence-electron chi connectivity index (χ2n) is 3.83. The molecule has 2 rings (SSSR count). The number of nitrogens with zero attached hydrogens (tertiary/aromatic N) is 2. The number of rotatable bonds is 3. The van der Waals surface area contributed by atoms with Crippen molar-refractivity contribution in [1.29, 1.82) is 0 Å². The van der Waals surface area contributed by atoms with Crippen molar-refractivity contribution in [2.75, 3.05) is 10.5 Å². The van der Waals surface area contributed by atoms with Gasteiger partial charge in [-0.1, -0.05) is 0 Å². The molecular formula is C11H11BrN4O2S. The van der Waals surface area contributed by atoms with Crippen molar-refractivity contribution >= 4 is 37.5 Å². The summed E-state index contributed by atoms with van der Waals surface area (Å²) in [6.45, 7) is 1.78. The third-order valence-electron chi connectivity index (χ3n) is 2.42. The Bertz CT molecular complexity index is 718. The van der Waals surface area contributed by atoms with Crippen molar-refractivity contribution in [1.82, 2.24) is 9.97 Å². The van der Waals surface area contributed by atoms with E-state index in [2.05, 4.69) is 30.6 Å². The molecule has 0 fully saturated rings. The lowest BCUT2D eigenvalue weighted by Gasteiger charge is -2.11. The van der Waals surface area contributed by atoms with Gasteiger partial charge in [0.1, 0.15) is 10.7 Å². The average molecular weight is 343 g/mol. The van der Waals surface area contributed by atoms with Crippen LogP contribution < -0.4 is 10.5 Å². The zero-order chi connectivity index (χ0) is 14.0. The van der Waals surface area contributed by atoms with E-state index in [0.29, 0.717) is 10.2 Å². The molecule has 0 saturated heterocycles. The fourth-order valence-corrected chi connectivity index (χ4v) is 3.12. The zero-order valence-corrected chi connectivity index (χ0v) is 12.4. The van der Waals surface area contributed by atoms with E-state index in [-0.39, 0.29) is 10.7 Å². The maximum atomic E-state index is 12.2. The fourth-order valence-electron chi connectivity index (χ4n) is 1.42. The third kappa shape index (κ3) is 3.02. The van der Waals surface area contributed by atoms with Gasteiger partial charge in [-0.25, -0.2) is 13.4 Å². The molecule has 0 atom stereocenters. The van der Waals surface area contributed by atoms with Gasteiger partial charge in [0.05, 0.1) is 11.9 Å². The summed E-state index contributed by atoms with van der Waals surface area (Å²) in [7, 11) is -3.80. The van der Waals surface area contributed by atoms with Crippen LogP contribution in [0.1, 0.15) is 5.56 Å². The first-order chi connectivity index (χ1) is 8.90. The number of halogens is 1. The molecule has 0 amide bonds. The summed E-state index contributed by atoms with van der Waals surface area (Å²) in [5, 5.41) is 0. The number of aryl methyl sites for hydroxylation is 1. The molecule has 6 nitrogen and oxygen atoms in total. The molecule has 0 spiro atoms. The van der Waals surface area contributed by atoms with E-state index in [4.69, 9.17) is 5.73 Å². The Hall–Kier alpha value is -1.67. The van der Waals surface area contributed by atoms with E-state index >= 15 is 0 Å². The van der Waals surface area contributed by atoms with E-state index in [1.54, 1.807) is 19.2 Å². The summed E-state index contributed by atoms with van der Waals surface area (Å²) < 4.78 is 27.5. The normalized spacial score (nSPS) is 11.3. The number of nitrogen functional groups attached to an aromatic ring is 1. The molecule has 0 unspecified atom stereocenters. The topological polar surface area (TPSA) is 98.0 Å². The molecular weight excluding hydrogens is 332 g/mol. The van der Waals surface area contributed by atoms with Gasteiger partial charge >= 0.3 is 0 Å². The molecule has 2 aromatic rings. The van der Waals surface area contributed by atoms with Crippen LogP contribution in [0.5, 0.6) is 0 Å². The van der Waals surface area contributed by atoms with Crippen LogP contribution >= 0.6 is 15.9 Å². The van der Waals surface area contributed by atoms with Crippen LogP contribution in [0.2, 0.25) is 0 Å². The minimum absolute atomic E-state index is 0.0581. The molecule has 100 valence electrons. The number of nitrogens with two attached hydrogens (primary N) is 1. The van der Waals surface area contributed by atoms with Crippen molar-refractivity contribution in [2.45, 2.75) is 11.8 Å². The summed E-state index contributed by atoms with van der Waals surface area (Å²) in [5.74, 6) is -0.0581. The van der Waals surface area contributed by atoms with Gasteiger partial charge in [0.2, 0.25) is 0 Å². The molecule has 0 aliphatic carbocycles. The second kappa shape index (κ2) is 5.14. The Morgan fingerprint density at radius 3 is 2.79 bits per heavy atom. The molecule has 0 saturated carbocycles. The second-order valence-corrected chi connectivity index (χ2v) is 6.40. The first-order valence-corrected chi connectivity index (χ1v) is 7.52. The van der Waals surface area contributed by atoms with Crippen LogP contribution in [0.3, 0.4) is 0 Å². The Morgan fingerprint density at radius 1 is 1.37 bits per heavy atom. The highest BCUT2D eigenvalue weighted by Crippen LogP contribution is 2.24.